The first kappa shape index (κ1) is 23.3. The molecule has 32 heavy (non-hydrogen) atoms. The second-order valence-electron chi connectivity index (χ2n) is 8.41. The van der Waals surface area contributed by atoms with E-state index in [0.717, 1.165) is 19.5 Å². The van der Waals surface area contributed by atoms with Crippen LogP contribution in [0.25, 0.3) is 0 Å². The number of halogens is 2. The topological polar surface area (TPSA) is 73.4 Å². The molecular formula is C22H28Cl2N4O4. The zero-order valence-electron chi connectivity index (χ0n) is 18.0. The van der Waals surface area contributed by atoms with Gasteiger partial charge in [-0.05, 0) is 31.0 Å². The Hall–Kier alpha value is -1.87. The van der Waals surface area contributed by atoms with Crippen LogP contribution in [0.5, 0.6) is 0 Å². The number of piperazine rings is 1. The third-order valence-corrected chi connectivity index (χ3v) is 6.75. The standard InChI is InChI=1S/C22H28Cl2N4O4/c23-17-12-16(13-18(24)14-17)21(30)28-3-1-2-19(28)22(31)27-6-4-26(5-7-27)20(29)15-25-8-10-32-11-9-25/h12-14,19H,1-11,15H2. The predicted molar refractivity (Wildman–Crippen MR) is 121 cm³/mol. The van der Waals surface area contributed by atoms with Gasteiger partial charge in [0.25, 0.3) is 5.91 Å². The Kier molecular flexibility index (Phi) is 7.55. The van der Waals surface area contributed by atoms with Crippen molar-refractivity contribution in [3.63, 3.8) is 0 Å². The smallest absolute Gasteiger partial charge is 0.254 e. The lowest BCUT2D eigenvalue weighted by Crippen LogP contribution is -2.56. The third kappa shape index (κ3) is 5.36. The first-order valence-corrected chi connectivity index (χ1v) is 11.8. The van der Waals surface area contributed by atoms with E-state index in [0.29, 0.717) is 74.5 Å². The molecule has 0 radical (unpaired) electrons. The number of hydrogen-bond donors (Lipinski definition) is 0. The monoisotopic (exact) mass is 482 g/mol. The van der Waals surface area contributed by atoms with Crippen molar-refractivity contribution in [3.05, 3.63) is 33.8 Å². The predicted octanol–water partition coefficient (Wildman–Crippen LogP) is 1.60. The summed E-state index contributed by atoms with van der Waals surface area (Å²) in [5, 5.41) is 0.779. The molecule has 10 heteroatoms. The van der Waals surface area contributed by atoms with E-state index in [1.54, 1.807) is 28.0 Å². The Bertz CT molecular complexity index is 849. The van der Waals surface area contributed by atoms with Crippen molar-refractivity contribution >= 4 is 40.9 Å². The zero-order valence-corrected chi connectivity index (χ0v) is 19.5. The Balaban J connectivity index is 1.33. The van der Waals surface area contributed by atoms with Gasteiger partial charge in [-0.15, -0.1) is 0 Å². The lowest BCUT2D eigenvalue weighted by Gasteiger charge is -2.38. The summed E-state index contributed by atoms with van der Waals surface area (Å²) in [6, 6.07) is 4.24. The van der Waals surface area contributed by atoms with Crippen LogP contribution < -0.4 is 0 Å². The number of ether oxygens (including phenoxy) is 1. The summed E-state index contributed by atoms with van der Waals surface area (Å²) in [5.74, 6) is -0.191. The van der Waals surface area contributed by atoms with Crippen LogP contribution in [-0.2, 0) is 14.3 Å². The molecule has 0 aliphatic carbocycles. The fourth-order valence-electron chi connectivity index (χ4n) is 4.55. The average Bonchev–Trinajstić information content (AvgIpc) is 3.28. The van der Waals surface area contributed by atoms with E-state index in [1.807, 2.05) is 4.90 Å². The fourth-order valence-corrected chi connectivity index (χ4v) is 5.07. The summed E-state index contributed by atoms with van der Waals surface area (Å²) in [6.45, 7) is 5.77. The summed E-state index contributed by atoms with van der Waals surface area (Å²) in [6.07, 6.45) is 1.41. The van der Waals surface area contributed by atoms with Gasteiger partial charge < -0.3 is 19.4 Å². The van der Waals surface area contributed by atoms with Gasteiger partial charge >= 0.3 is 0 Å². The van der Waals surface area contributed by atoms with Crippen LogP contribution in [0.15, 0.2) is 18.2 Å². The molecule has 0 N–H and O–H groups in total. The van der Waals surface area contributed by atoms with Crippen molar-refractivity contribution in [1.82, 2.24) is 19.6 Å². The largest absolute Gasteiger partial charge is 0.379 e. The number of likely N-dealkylation sites (tertiary alicyclic amines) is 1. The van der Waals surface area contributed by atoms with E-state index in [9.17, 15) is 14.4 Å². The molecular weight excluding hydrogens is 455 g/mol. The molecule has 8 nitrogen and oxygen atoms in total. The van der Waals surface area contributed by atoms with E-state index < -0.39 is 6.04 Å². The molecule has 0 aromatic heterocycles. The van der Waals surface area contributed by atoms with Crippen LogP contribution >= 0.6 is 23.2 Å². The van der Waals surface area contributed by atoms with Crippen molar-refractivity contribution in [3.8, 4) is 0 Å². The van der Waals surface area contributed by atoms with Gasteiger partial charge in [0.2, 0.25) is 11.8 Å². The highest BCUT2D eigenvalue weighted by Gasteiger charge is 2.38. The minimum atomic E-state index is -0.490. The average molecular weight is 483 g/mol. The Labute approximate surface area is 197 Å². The van der Waals surface area contributed by atoms with Crippen molar-refractivity contribution in [2.45, 2.75) is 18.9 Å². The first-order valence-electron chi connectivity index (χ1n) is 11.1. The molecule has 0 saturated carbocycles. The highest BCUT2D eigenvalue weighted by molar-refractivity contribution is 6.35. The molecule has 0 spiro atoms. The highest BCUT2D eigenvalue weighted by Crippen LogP contribution is 2.25. The van der Waals surface area contributed by atoms with E-state index in [1.165, 1.54) is 0 Å². The number of carbonyl (C=O) groups is 3. The summed E-state index contributed by atoms with van der Waals surface area (Å²) >= 11 is 12.1. The fraction of sp³-hybridized carbons (Fsp3) is 0.591. The Morgan fingerprint density at radius 1 is 0.875 bits per heavy atom. The number of nitrogens with zero attached hydrogens (tertiary/aromatic N) is 4. The van der Waals surface area contributed by atoms with E-state index in [4.69, 9.17) is 27.9 Å². The Morgan fingerprint density at radius 3 is 2.16 bits per heavy atom. The molecule has 0 bridgehead atoms. The van der Waals surface area contributed by atoms with Crippen molar-refractivity contribution in [1.29, 1.82) is 0 Å². The molecule has 3 heterocycles. The van der Waals surface area contributed by atoms with Crippen LogP contribution in [0.3, 0.4) is 0 Å². The van der Waals surface area contributed by atoms with E-state index >= 15 is 0 Å². The second-order valence-corrected chi connectivity index (χ2v) is 9.28. The molecule has 1 atom stereocenters. The number of rotatable bonds is 4. The van der Waals surface area contributed by atoms with Crippen LogP contribution in [-0.4, -0.2) is 109 Å². The zero-order chi connectivity index (χ0) is 22.7. The minimum absolute atomic E-state index is 0.0516. The van der Waals surface area contributed by atoms with E-state index in [2.05, 4.69) is 4.90 Å². The molecule has 1 aromatic rings. The normalized spacial score (nSPS) is 22.3. The third-order valence-electron chi connectivity index (χ3n) is 6.31. The number of amides is 3. The van der Waals surface area contributed by atoms with Gasteiger partial charge in [-0.3, -0.25) is 19.3 Å². The van der Waals surface area contributed by atoms with Gasteiger partial charge in [0.05, 0.1) is 19.8 Å². The van der Waals surface area contributed by atoms with Gasteiger partial charge in [0, 0.05) is 61.4 Å². The van der Waals surface area contributed by atoms with Crippen molar-refractivity contribution in [2.75, 3.05) is 65.6 Å². The van der Waals surface area contributed by atoms with Gasteiger partial charge in [-0.2, -0.15) is 0 Å². The summed E-state index contributed by atoms with van der Waals surface area (Å²) in [4.78, 5) is 46.2. The summed E-state index contributed by atoms with van der Waals surface area (Å²) in [7, 11) is 0. The maximum absolute atomic E-state index is 13.2. The molecule has 3 aliphatic heterocycles. The second kappa shape index (κ2) is 10.4. The SMILES string of the molecule is O=C(CN1CCOCC1)N1CCN(C(=O)C2CCCN2C(=O)c2cc(Cl)cc(Cl)c2)CC1. The first-order chi connectivity index (χ1) is 15.4. The van der Waals surface area contributed by atoms with Crippen molar-refractivity contribution < 1.29 is 19.1 Å². The van der Waals surface area contributed by atoms with Crippen LogP contribution in [0.1, 0.15) is 23.2 Å². The quantitative estimate of drug-likeness (QED) is 0.651. The van der Waals surface area contributed by atoms with Gasteiger partial charge in [0.1, 0.15) is 6.04 Å². The molecule has 3 amide bonds. The molecule has 3 fully saturated rings. The number of morpholine rings is 1. The number of carbonyl (C=O) groups excluding carboxylic acids is 3. The number of hydrogen-bond acceptors (Lipinski definition) is 5. The molecule has 3 aliphatic rings. The lowest BCUT2D eigenvalue weighted by molar-refractivity contribution is -0.142. The van der Waals surface area contributed by atoms with Gasteiger partial charge in [-0.1, -0.05) is 23.2 Å². The molecule has 1 aromatic carbocycles. The molecule has 3 saturated heterocycles. The highest BCUT2D eigenvalue weighted by atomic mass is 35.5. The van der Waals surface area contributed by atoms with Crippen LogP contribution in [0, 0.1) is 0 Å². The lowest BCUT2D eigenvalue weighted by atomic mass is 10.1. The minimum Gasteiger partial charge on any atom is -0.379 e. The molecule has 4 rings (SSSR count). The summed E-state index contributed by atoms with van der Waals surface area (Å²) in [5.41, 5.74) is 0.390. The maximum Gasteiger partial charge on any atom is 0.254 e. The van der Waals surface area contributed by atoms with E-state index in [-0.39, 0.29) is 17.7 Å². The summed E-state index contributed by atoms with van der Waals surface area (Å²) < 4.78 is 5.33. The van der Waals surface area contributed by atoms with Gasteiger partial charge in [0.15, 0.2) is 0 Å². The van der Waals surface area contributed by atoms with Crippen LogP contribution in [0.2, 0.25) is 10.0 Å². The number of benzene rings is 1. The van der Waals surface area contributed by atoms with Crippen LogP contribution in [0.4, 0.5) is 0 Å². The van der Waals surface area contributed by atoms with Gasteiger partial charge in [-0.25, -0.2) is 0 Å². The molecule has 1 unspecified atom stereocenters. The Morgan fingerprint density at radius 2 is 1.50 bits per heavy atom. The molecule has 174 valence electrons. The maximum atomic E-state index is 13.2. The van der Waals surface area contributed by atoms with Crippen molar-refractivity contribution in [2.24, 2.45) is 0 Å².